The van der Waals surface area contributed by atoms with Crippen LogP contribution >= 0.6 is 11.3 Å². The molecule has 1 aromatic carbocycles. The third-order valence-corrected chi connectivity index (χ3v) is 4.22. The van der Waals surface area contributed by atoms with Gasteiger partial charge in [-0.05, 0) is 36.1 Å². The van der Waals surface area contributed by atoms with Gasteiger partial charge in [-0.3, -0.25) is 0 Å². The van der Waals surface area contributed by atoms with Crippen molar-refractivity contribution in [1.29, 1.82) is 0 Å². The lowest BCUT2D eigenvalue weighted by Gasteiger charge is -2.16. The molecular weight excluding hydrogens is 339 g/mol. The van der Waals surface area contributed by atoms with Gasteiger partial charge in [0, 0.05) is 6.04 Å². The fourth-order valence-corrected chi connectivity index (χ4v) is 2.94. The van der Waals surface area contributed by atoms with Gasteiger partial charge in [-0.25, -0.2) is 9.97 Å². The average molecular weight is 353 g/mol. The summed E-state index contributed by atoms with van der Waals surface area (Å²) in [6.45, 7) is 0.656. The second-order valence-electron chi connectivity index (χ2n) is 5.20. The van der Waals surface area contributed by atoms with Crippen LogP contribution in [0.3, 0.4) is 0 Å². The molecule has 3 aromatic rings. The Hall–Kier alpha value is -2.35. The lowest BCUT2D eigenvalue weighted by molar-refractivity contribution is -0.153. The van der Waals surface area contributed by atoms with Crippen LogP contribution in [-0.4, -0.2) is 22.8 Å². The maximum absolute atomic E-state index is 12.1. The number of aromatic nitrogens is 2. The molecule has 2 heterocycles. The molecule has 126 valence electrons. The maximum atomic E-state index is 12.1. The molecule has 0 aliphatic heterocycles. The van der Waals surface area contributed by atoms with E-state index in [1.165, 1.54) is 29.8 Å². The van der Waals surface area contributed by atoms with Gasteiger partial charge in [-0.2, -0.15) is 13.2 Å². The predicted octanol–water partition coefficient (Wildman–Crippen LogP) is 4.81. The van der Waals surface area contributed by atoms with Gasteiger partial charge in [0.15, 0.2) is 6.61 Å². The Bertz CT molecular complexity index is 817. The number of nitrogens with zero attached hydrogens (tertiary/aromatic N) is 2. The molecule has 24 heavy (non-hydrogen) atoms. The normalized spacial score (nSPS) is 13.0. The molecule has 2 aromatic heterocycles. The molecule has 0 saturated carbocycles. The third kappa shape index (κ3) is 3.94. The minimum atomic E-state index is -4.34. The molecule has 3 rings (SSSR count). The number of benzene rings is 1. The molecule has 1 atom stereocenters. The predicted molar refractivity (Wildman–Crippen MR) is 87.4 cm³/mol. The van der Waals surface area contributed by atoms with Crippen molar-refractivity contribution in [3.63, 3.8) is 0 Å². The molecule has 0 saturated heterocycles. The molecule has 1 N–H and O–H groups in total. The summed E-state index contributed by atoms with van der Waals surface area (Å²) in [5.74, 6) is 0.914. The van der Waals surface area contributed by atoms with Gasteiger partial charge in [-0.1, -0.05) is 12.1 Å². The summed E-state index contributed by atoms with van der Waals surface area (Å²) < 4.78 is 41.1. The van der Waals surface area contributed by atoms with E-state index in [1.807, 2.05) is 18.4 Å². The van der Waals surface area contributed by atoms with Crippen LogP contribution in [-0.2, 0) is 0 Å². The number of thiophene rings is 1. The molecule has 8 heteroatoms. The van der Waals surface area contributed by atoms with E-state index in [-0.39, 0.29) is 11.8 Å². The first kappa shape index (κ1) is 16.5. The highest BCUT2D eigenvalue weighted by atomic mass is 32.1. The highest BCUT2D eigenvalue weighted by Gasteiger charge is 2.28. The zero-order valence-electron chi connectivity index (χ0n) is 12.7. The molecule has 0 aliphatic rings. The minimum Gasteiger partial charge on any atom is -0.484 e. The minimum absolute atomic E-state index is 0.0698. The fourth-order valence-electron chi connectivity index (χ4n) is 2.21. The van der Waals surface area contributed by atoms with Gasteiger partial charge >= 0.3 is 6.18 Å². The quantitative estimate of drug-likeness (QED) is 0.715. The summed E-state index contributed by atoms with van der Waals surface area (Å²) in [4.78, 5) is 9.34. The third-order valence-electron chi connectivity index (χ3n) is 3.40. The lowest BCUT2D eigenvalue weighted by Crippen LogP contribution is -2.19. The first-order valence-corrected chi connectivity index (χ1v) is 8.04. The summed E-state index contributed by atoms with van der Waals surface area (Å²) in [7, 11) is 0. The maximum Gasteiger partial charge on any atom is 0.422 e. The lowest BCUT2D eigenvalue weighted by atomic mass is 10.1. The first-order valence-electron chi connectivity index (χ1n) is 7.16. The number of ether oxygens (including phenoxy) is 1. The van der Waals surface area contributed by atoms with Crippen molar-refractivity contribution >= 4 is 27.4 Å². The largest absolute Gasteiger partial charge is 0.484 e. The second-order valence-corrected chi connectivity index (χ2v) is 6.10. The number of nitrogens with one attached hydrogen (secondary N) is 1. The number of halogens is 3. The first-order chi connectivity index (χ1) is 11.4. The summed E-state index contributed by atoms with van der Waals surface area (Å²) in [6.07, 6.45) is -2.84. The van der Waals surface area contributed by atoms with E-state index in [1.54, 1.807) is 12.1 Å². The SMILES string of the molecule is CC(Nc1ncnc2sccc12)c1ccc(OCC(F)(F)F)cc1. The number of anilines is 1. The average Bonchev–Trinajstić information content (AvgIpc) is 3.02. The Morgan fingerprint density at radius 2 is 1.92 bits per heavy atom. The van der Waals surface area contributed by atoms with Crippen molar-refractivity contribution < 1.29 is 17.9 Å². The molecule has 0 fully saturated rings. The standard InChI is InChI=1S/C16H14F3N3OS/c1-10(22-14-13-6-7-24-15(13)21-9-20-14)11-2-4-12(5-3-11)23-8-16(17,18)19/h2-7,9-10H,8H2,1H3,(H,20,21,22). The summed E-state index contributed by atoms with van der Waals surface area (Å²) in [5, 5.41) is 6.19. The van der Waals surface area contributed by atoms with E-state index in [0.29, 0.717) is 0 Å². The van der Waals surface area contributed by atoms with E-state index in [2.05, 4.69) is 15.3 Å². The van der Waals surface area contributed by atoms with Crippen LogP contribution in [0.1, 0.15) is 18.5 Å². The van der Waals surface area contributed by atoms with Crippen molar-refractivity contribution in [3.8, 4) is 5.75 Å². The van der Waals surface area contributed by atoms with Crippen molar-refractivity contribution in [2.24, 2.45) is 0 Å². The second kappa shape index (κ2) is 6.64. The monoisotopic (exact) mass is 353 g/mol. The number of rotatable bonds is 5. The Balaban J connectivity index is 1.69. The van der Waals surface area contributed by atoms with Crippen LogP contribution in [0.5, 0.6) is 5.75 Å². The van der Waals surface area contributed by atoms with Crippen molar-refractivity contribution in [2.45, 2.75) is 19.1 Å². The smallest absolute Gasteiger partial charge is 0.422 e. The van der Waals surface area contributed by atoms with E-state index in [4.69, 9.17) is 4.74 Å². The van der Waals surface area contributed by atoms with Crippen LogP contribution in [0, 0.1) is 0 Å². The summed E-state index contributed by atoms with van der Waals surface area (Å²) in [5.41, 5.74) is 0.913. The zero-order valence-corrected chi connectivity index (χ0v) is 13.5. The zero-order chi connectivity index (χ0) is 17.2. The van der Waals surface area contributed by atoms with Gasteiger partial charge in [0.25, 0.3) is 0 Å². The Kier molecular flexibility index (Phi) is 4.57. The fraction of sp³-hybridized carbons (Fsp3) is 0.250. The summed E-state index contributed by atoms with van der Waals surface area (Å²) in [6, 6.07) is 8.40. The van der Waals surface area contributed by atoms with Crippen molar-refractivity contribution in [2.75, 3.05) is 11.9 Å². The Morgan fingerprint density at radius 1 is 1.17 bits per heavy atom. The number of hydrogen-bond donors (Lipinski definition) is 1. The summed E-state index contributed by atoms with van der Waals surface area (Å²) >= 11 is 1.53. The highest BCUT2D eigenvalue weighted by molar-refractivity contribution is 7.16. The van der Waals surface area contributed by atoms with E-state index in [9.17, 15) is 13.2 Å². The van der Waals surface area contributed by atoms with Crippen molar-refractivity contribution in [1.82, 2.24) is 9.97 Å². The van der Waals surface area contributed by atoms with Gasteiger partial charge in [-0.15, -0.1) is 11.3 Å². The van der Waals surface area contributed by atoms with E-state index < -0.39 is 12.8 Å². The van der Waals surface area contributed by atoms with Gasteiger partial charge < -0.3 is 10.1 Å². The van der Waals surface area contributed by atoms with E-state index >= 15 is 0 Å². The highest BCUT2D eigenvalue weighted by Crippen LogP contribution is 2.27. The van der Waals surface area contributed by atoms with Crippen LogP contribution in [0.25, 0.3) is 10.2 Å². The van der Waals surface area contributed by atoms with Crippen LogP contribution in [0.15, 0.2) is 42.0 Å². The van der Waals surface area contributed by atoms with Gasteiger partial charge in [0.05, 0.1) is 5.39 Å². The molecule has 0 bridgehead atoms. The number of fused-ring (bicyclic) bond motifs is 1. The molecule has 0 amide bonds. The molecular formula is C16H14F3N3OS. The number of hydrogen-bond acceptors (Lipinski definition) is 5. The molecule has 1 unspecified atom stereocenters. The molecule has 0 radical (unpaired) electrons. The molecule has 4 nitrogen and oxygen atoms in total. The molecule has 0 aliphatic carbocycles. The Labute approximate surface area is 140 Å². The van der Waals surface area contributed by atoms with Crippen molar-refractivity contribution in [3.05, 3.63) is 47.6 Å². The van der Waals surface area contributed by atoms with Crippen LogP contribution in [0.4, 0.5) is 19.0 Å². The Morgan fingerprint density at radius 3 is 2.62 bits per heavy atom. The van der Waals surface area contributed by atoms with Gasteiger partial charge in [0.1, 0.15) is 22.7 Å². The van der Waals surface area contributed by atoms with Crippen LogP contribution in [0.2, 0.25) is 0 Å². The topological polar surface area (TPSA) is 47.0 Å². The van der Waals surface area contributed by atoms with Gasteiger partial charge in [0.2, 0.25) is 0 Å². The number of alkyl halides is 3. The van der Waals surface area contributed by atoms with Crippen LogP contribution < -0.4 is 10.1 Å². The van der Waals surface area contributed by atoms with E-state index in [0.717, 1.165) is 21.6 Å². The molecule has 0 spiro atoms.